The van der Waals surface area contributed by atoms with Crippen LogP contribution in [-0.2, 0) is 59.7 Å². The molecule has 0 saturated carbocycles. The number of rotatable bonds is 18. The second-order valence-electron chi connectivity index (χ2n) is 12.0. The van der Waals surface area contributed by atoms with Gasteiger partial charge in [-0.15, -0.1) is 0 Å². The van der Waals surface area contributed by atoms with Gasteiger partial charge in [-0.25, -0.2) is 0 Å². The van der Waals surface area contributed by atoms with Crippen LogP contribution < -0.4 is 0 Å². The van der Waals surface area contributed by atoms with Crippen LogP contribution >= 0.6 is 0 Å². The summed E-state index contributed by atoms with van der Waals surface area (Å²) in [5, 5.41) is 31.6. The quantitative estimate of drug-likeness (QED) is 0.114. The molecule has 4 aromatic carbocycles. The summed E-state index contributed by atoms with van der Waals surface area (Å²) in [4.78, 5) is 23.7. The number of ether oxygens (including phenoxy) is 5. The summed E-state index contributed by atoms with van der Waals surface area (Å²) in [5.74, 6) is -6.98. The zero-order chi connectivity index (χ0) is 34.5. The Morgan fingerprint density at radius 2 is 1.02 bits per heavy atom. The topological polar surface area (TPSA) is 141 Å². The highest BCUT2D eigenvalue weighted by Crippen LogP contribution is 2.39. The molecule has 5 rings (SSSR count). The van der Waals surface area contributed by atoms with E-state index < -0.39 is 54.5 Å². The number of carboxylic acids is 2. The summed E-state index contributed by atoms with van der Waals surface area (Å²) in [6.07, 6.45) is -4.71. The van der Waals surface area contributed by atoms with E-state index in [0.29, 0.717) is 0 Å². The van der Waals surface area contributed by atoms with Crippen LogP contribution in [0.1, 0.15) is 35.1 Å². The van der Waals surface area contributed by atoms with Gasteiger partial charge in [0.15, 0.2) is 11.7 Å². The number of hydrogen-bond donors (Lipinski definition) is 3. The molecule has 5 atom stereocenters. The third kappa shape index (κ3) is 10.3. The lowest BCUT2D eigenvalue weighted by atomic mass is 9.87. The Morgan fingerprint density at radius 1 is 0.612 bits per heavy atom. The molecule has 1 fully saturated rings. The monoisotopic (exact) mass is 670 g/mol. The minimum absolute atomic E-state index is 0.0193. The molecule has 3 N–H and O–H groups in total. The average Bonchev–Trinajstić information content (AvgIpc) is 3.11. The molecule has 0 spiro atoms. The molecule has 1 heterocycles. The van der Waals surface area contributed by atoms with E-state index in [1.54, 1.807) is 0 Å². The van der Waals surface area contributed by atoms with Gasteiger partial charge in [0.05, 0.1) is 33.0 Å². The first-order chi connectivity index (χ1) is 23.8. The minimum atomic E-state index is -2.17. The second-order valence-corrected chi connectivity index (χ2v) is 12.0. The third-order valence-electron chi connectivity index (χ3n) is 8.41. The van der Waals surface area contributed by atoms with Crippen LogP contribution in [0.25, 0.3) is 0 Å². The molecule has 0 radical (unpaired) electrons. The van der Waals surface area contributed by atoms with Gasteiger partial charge in [0, 0.05) is 6.42 Å². The van der Waals surface area contributed by atoms with Crippen molar-refractivity contribution in [3.63, 3.8) is 0 Å². The van der Waals surface area contributed by atoms with Crippen molar-refractivity contribution in [1.29, 1.82) is 0 Å². The molecular weight excluding hydrogens is 628 g/mol. The van der Waals surface area contributed by atoms with E-state index in [2.05, 4.69) is 0 Å². The first-order valence-corrected chi connectivity index (χ1v) is 16.3. The minimum Gasteiger partial charge on any atom is -0.481 e. The van der Waals surface area contributed by atoms with Gasteiger partial charge in [-0.05, 0) is 28.7 Å². The Hall–Kier alpha value is -4.42. The lowest BCUT2D eigenvalue weighted by Crippen LogP contribution is -2.67. The Morgan fingerprint density at radius 3 is 1.47 bits per heavy atom. The highest BCUT2D eigenvalue weighted by atomic mass is 16.7. The van der Waals surface area contributed by atoms with E-state index in [9.17, 15) is 24.9 Å². The molecule has 258 valence electrons. The van der Waals surface area contributed by atoms with Crippen molar-refractivity contribution < 1.29 is 48.6 Å². The average molecular weight is 671 g/mol. The molecule has 10 heteroatoms. The Bertz CT molecular complexity index is 1560. The highest BCUT2D eigenvalue weighted by Gasteiger charge is 2.56. The fraction of sp³-hybridized carbons (Fsp3) is 0.333. The molecule has 1 saturated heterocycles. The third-order valence-corrected chi connectivity index (χ3v) is 8.41. The maximum atomic E-state index is 12.4. The van der Waals surface area contributed by atoms with Crippen LogP contribution in [0, 0.1) is 5.92 Å². The van der Waals surface area contributed by atoms with Crippen molar-refractivity contribution in [1.82, 2.24) is 0 Å². The van der Waals surface area contributed by atoms with Crippen molar-refractivity contribution in [2.24, 2.45) is 5.92 Å². The first kappa shape index (κ1) is 35.9. The molecule has 0 amide bonds. The molecule has 4 aromatic rings. The van der Waals surface area contributed by atoms with Crippen LogP contribution in [0.4, 0.5) is 0 Å². The number of aliphatic hydroxyl groups is 1. The fourth-order valence-corrected chi connectivity index (χ4v) is 5.84. The van der Waals surface area contributed by atoms with Gasteiger partial charge in [0.2, 0.25) is 0 Å². The molecule has 49 heavy (non-hydrogen) atoms. The van der Waals surface area contributed by atoms with Gasteiger partial charge in [0.1, 0.15) is 24.4 Å². The summed E-state index contributed by atoms with van der Waals surface area (Å²) >= 11 is 0. The maximum absolute atomic E-state index is 12.4. The van der Waals surface area contributed by atoms with E-state index >= 15 is 0 Å². The van der Waals surface area contributed by atoms with Crippen molar-refractivity contribution in [3.05, 3.63) is 144 Å². The van der Waals surface area contributed by atoms with Crippen LogP contribution in [-0.4, -0.2) is 64.1 Å². The van der Waals surface area contributed by atoms with Gasteiger partial charge in [0.25, 0.3) is 0 Å². The van der Waals surface area contributed by atoms with E-state index in [1.807, 2.05) is 121 Å². The van der Waals surface area contributed by atoms with Gasteiger partial charge in [-0.1, -0.05) is 121 Å². The Kier molecular flexibility index (Phi) is 13.1. The van der Waals surface area contributed by atoms with Crippen molar-refractivity contribution in [3.8, 4) is 0 Å². The summed E-state index contributed by atoms with van der Waals surface area (Å²) in [6, 6.07) is 38.0. The summed E-state index contributed by atoms with van der Waals surface area (Å²) in [7, 11) is 0. The largest absolute Gasteiger partial charge is 0.481 e. The summed E-state index contributed by atoms with van der Waals surface area (Å²) < 4.78 is 32.1. The second kappa shape index (κ2) is 17.8. The first-order valence-electron chi connectivity index (χ1n) is 16.3. The van der Waals surface area contributed by atoms with E-state index in [0.717, 1.165) is 22.3 Å². The van der Waals surface area contributed by atoms with Gasteiger partial charge in [-0.3, -0.25) is 9.59 Å². The highest BCUT2D eigenvalue weighted by molar-refractivity contribution is 5.92. The van der Waals surface area contributed by atoms with E-state index in [4.69, 9.17) is 23.7 Å². The predicted octanol–water partition coefficient (Wildman–Crippen LogP) is 5.61. The number of carbonyl (C=O) groups is 2. The van der Waals surface area contributed by atoms with E-state index in [1.165, 1.54) is 0 Å². The number of aliphatic carboxylic acids is 2. The SMILES string of the molecule is O=C(O)C(CCC1(O)O[C@H](COCc2ccccc2)[C@H](OCc2ccccc2)[C@H](OCc2ccccc2)[C@H]1OCc1ccccc1)C(=O)O. The standard InChI is InChI=1S/C39H42O10/c40-37(41)32(38(42)43)21-22-39(44)36(48-26-31-19-11-4-12-20-31)35(47-25-30-17-9-3-10-18-30)34(46-24-29-15-7-2-8-16-29)33(49-39)27-45-23-28-13-5-1-6-14-28/h1-20,32-36,44H,21-27H2,(H,40,41)(H,42,43)/t33-,34+,35+,36-,39?/m1/s1. The molecule has 0 bridgehead atoms. The zero-order valence-corrected chi connectivity index (χ0v) is 27.1. The smallest absolute Gasteiger partial charge is 0.317 e. The molecular formula is C39H42O10. The number of carboxylic acid groups (broad SMARTS) is 2. The lowest BCUT2D eigenvalue weighted by molar-refractivity contribution is -0.373. The van der Waals surface area contributed by atoms with E-state index in [-0.39, 0.29) is 39.5 Å². The number of benzene rings is 4. The summed E-state index contributed by atoms with van der Waals surface area (Å²) in [6.45, 7) is 0.633. The van der Waals surface area contributed by atoms with Crippen LogP contribution in [0.5, 0.6) is 0 Å². The molecule has 0 aliphatic carbocycles. The van der Waals surface area contributed by atoms with Gasteiger partial charge >= 0.3 is 11.9 Å². The van der Waals surface area contributed by atoms with Crippen LogP contribution in [0.3, 0.4) is 0 Å². The normalized spacial score (nSPS) is 22.2. The van der Waals surface area contributed by atoms with Crippen molar-refractivity contribution in [2.75, 3.05) is 6.61 Å². The number of hydrogen-bond acceptors (Lipinski definition) is 8. The molecule has 1 aliphatic heterocycles. The van der Waals surface area contributed by atoms with Gasteiger partial charge in [-0.2, -0.15) is 0 Å². The fourth-order valence-electron chi connectivity index (χ4n) is 5.84. The van der Waals surface area contributed by atoms with Gasteiger partial charge < -0.3 is 39.0 Å². The van der Waals surface area contributed by atoms with Crippen LogP contribution in [0.15, 0.2) is 121 Å². The predicted molar refractivity (Wildman–Crippen MR) is 179 cm³/mol. The molecule has 1 unspecified atom stereocenters. The summed E-state index contributed by atoms with van der Waals surface area (Å²) in [5.41, 5.74) is 3.52. The Labute approximate surface area is 285 Å². The molecule has 1 aliphatic rings. The molecule has 0 aromatic heterocycles. The maximum Gasteiger partial charge on any atom is 0.317 e. The van der Waals surface area contributed by atoms with Crippen molar-refractivity contribution >= 4 is 11.9 Å². The lowest BCUT2D eigenvalue weighted by Gasteiger charge is -2.50. The van der Waals surface area contributed by atoms with Crippen LogP contribution in [0.2, 0.25) is 0 Å². The molecule has 10 nitrogen and oxygen atoms in total. The Balaban J connectivity index is 1.50. The zero-order valence-electron chi connectivity index (χ0n) is 27.1. The van der Waals surface area contributed by atoms with Crippen molar-refractivity contribution in [2.45, 2.75) is 69.5 Å².